The SMILES string of the molecule is Cc1ccc(C(=O)OCc2ccc(CC(=O)O)cc2)c(C)c1. The molecule has 4 nitrogen and oxygen atoms in total. The number of hydrogen-bond acceptors (Lipinski definition) is 3. The van der Waals surface area contributed by atoms with E-state index in [0.29, 0.717) is 5.56 Å². The minimum Gasteiger partial charge on any atom is -0.481 e. The highest BCUT2D eigenvalue weighted by atomic mass is 16.5. The molecule has 0 unspecified atom stereocenters. The summed E-state index contributed by atoms with van der Waals surface area (Å²) in [6, 6.07) is 12.6. The maximum atomic E-state index is 12.1. The van der Waals surface area contributed by atoms with Gasteiger partial charge >= 0.3 is 11.9 Å². The first-order valence-electron chi connectivity index (χ1n) is 6.99. The molecule has 0 aliphatic carbocycles. The summed E-state index contributed by atoms with van der Waals surface area (Å²) < 4.78 is 5.30. The van der Waals surface area contributed by atoms with Gasteiger partial charge in [-0.2, -0.15) is 0 Å². The molecular formula is C18H18O4. The maximum absolute atomic E-state index is 12.1. The van der Waals surface area contributed by atoms with Crippen LogP contribution in [0.1, 0.15) is 32.6 Å². The maximum Gasteiger partial charge on any atom is 0.338 e. The molecule has 0 radical (unpaired) electrons. The number of carbonyl (C=O) groups excluding carboxylic acids is 1. The Morgan fingerprint density at radius 1 is 1.00 bits per heavy atom. The summed E-state index contributed by atoms with van der Waals surface area (Å²) in [4.78, 5) is 22.7. The van der Waals surface area contributed by atoms with E-state index < -0.39 is 5.97 Å². The number of hydrogen-bond donors (Lipinski definition) is 1. The predicted octanol–water partition coefficient (Wildman–Crippen LogP) is 3.29. The van der Waals surface area contributed by atoms with Crippen molar-refractivity contribution in [1.82, 2.24) is 0 Å². The molecule has 2 rings (SSSR count). The van der Waals surface area contributed by atoms with Crippen LogP contribution in [0.5, 0.6) is 0 Å². The van der Waals surface area contributed by atoms with Crippen LogP contribution in [0.2, 0.25) is 0 Å². The van der Waals surface area contributed by atoms with Crippen LogP contribution in [0.25, 0.3) is 0 Å². The van der Waals surface area contributed by atoms with Crippen LogP contribution < -0.4 is 0 Å². The van der Waals surface area contributed by atoms with Crippen LogP contribution in [0.3, 0.4) is 0 Å². The van der Waals surface area contributed by atoms with Gasteiger partial charge in [0.1, 0.15) is 6.61 Å². The number of ether oxygens (including phenoxy) is 1. The minimum absolute atomic E-state index is 0.0113. The highest BCUT2D eigenvalue weighted by Gasteiger charge is 2.10. The molecule has 0 fully saturated rings. The van der Waals surface area contributed by atoms with Crippen molar-refractivity contribution in [2.75, 3.05) is 0 Å². The number of carboxylic acid groups (broad SMARTS) is 1. The van der Waals surface area contributed by atoms with Crippen LogP contribution >= 0.6 is 0 Å². The normalized spacial score (nSPS) is 10.3. The molecule has 114 valence electrons. The summed E-state index contributed by atoms with van der Waals surface area (Å²) >= 11 is 0. The summed E-state index contributed by atoms with van der Waals surface area (Å²) in [6.45, 7) is 4.02. The second-order valence-electron chi connectivity index (χ2n) is 5.28. The fourth-order valence-corrected chi connectivity index (χ4v) is 2.20. The van der Waals surface area contributed by atoms with Crippen molar-refractivity contribution in [3.63, 3.8) is 0 Å². The van der Waals surface area contributed by atoms with Crippen molar-refractivity contribution < 1.29 is 19.4 Å². The van der Waals surface area contributed by atoms with Gasteiger partial charge < -0.3 is 9.84 Å². The second kappa shape index (κ2) is 6.89. The Balaban J connectivity index is 1.97. The zero-order valence-corrected chi connectivity index (χ0v) is 12.6. The van der Waals surface area contributed by atoms with E-state index in [1.807, 2.05) is 26.0 Å². The number of carbonyl (C=O) groups is 2. The molecule has 0 bridgehead atoms. The molecule has 4 heteroatoms. The topological polar surface area (TPSA) is 63.6 Å². The molecule has 0 saturated heterocycles. The molecule has 0 heterocycles. The molecule has 2 aromatic rings. The van der Waals surface area contributed by atoms with E-state index in [-0.39, 0.29) is 19.0 Å². The van der Waals surface area contributed by atoms with Gasteiger partial charge in [-0.3, -0.25) is 4.79 Å². The Morgan fingerprint density at radius 3 is 2.23 bits per heavy atom. The molecule has 0 amide bonds. The fraction of sp³-hybridized carbons (Fsp3) is 0.222. The molecule has 22 heavy (non-hydrogen) atoms. The number of aliphatic carboxylic acids is 1. The van der Waals surface area contributed by atoms with Crippen molar-refractivity contribution in [2.24, 2.45) is 0 Å². The van der Waals surface area contributed by atoms with Crippen molar-refractivity contribution in [2.45, 2.75) is 26.9 Å². The van der Waals surface area contributed by atoms with Gasteiger partial charge in [-0.05, 0) is 36.6 Å². The van der Waals surface area contributed by atoms with E-state index in [0.717, 1.165) is 22.3 Å². The Kier molecular flexibility index (Phi) is 4.94. The lowest BCUT2D eigenvalue weighted by molar-refractivity contribution is -0.136. The van der Waals surface area contributed by atoms with E-state index in [9.17, 15) is 9.59 Å². The first-order chi connectivity index (χ1) is 10.5. The standard InChI is InChI=1S/C18H18O4/c1-12-3-8-16(13(2)9-12)18(21)22-11-15-6-4-14(5-7-15)10-17(19)20/h3-9H,10-11H2,1-2H3,(H,19,20). The van der Waals surface area contributed by atoms with Crippen molar-refractivity contribution in [3.8, 4) is 0 Å². The molecule has 0 aliphatic heterocycles. The van der Waals surface area contributed by atoms with Crippen LogP contribution in [0.4, 0.5) is 0 Å². The smallest absolute Gasteiger partial charge is 0.338 e. The monoisotopic (exact) mass is 298 g/mol. The number of aryl methyl sites for hydroxylation is 2. The molecule has 0 aromatic heterocycles. The zero-order chi connectivity index (χ0) is 16.1. The Morgan fingerprint density at radius 2 is 1.64 bits per heavy atom. The van der Waals surface area contributed by atoms with Crippen LogP contribution in [-0.4, -0.2) is 17.0 Å². The molecule has 0 atom stereocenters. The van der Waals surface area contributed by atoms with Crippen LogP contribution in [0, 0.1) is 13.8 Å². The number of esters is 1. The van der Waals surface area contributed by atoms with Crippen molar-refractivity contribution in [3.05, 3.63) is 70.3 Å². The summed E-state index contributed by atoms with van der Waals surface area (Å²) in [7, 11) is 0. The van der Waals surface area contributed by atoms with Gasteiger partial charge in [0.05, 0.1) is 12.0 Å². The predicted molar refractivity (Wildman–Crippen MR) is 82.8 cm³/mol. The lowest BCUT2D eigenvalue weighted by Crippen LogP contribution is -2.07. The largest absolute Gasteiger partial charge is 0.481 e. The third-order valence-corrected chi connectivity index (χ3v) is 3.35. The molecule has 0 aliphatic rings. The fourth-order valence-electron chi connectivity index (χ4n) is 2.20. The van der Waals surface area contributed by atoms with Crippen molar-refractivity contribution in [1.29, 1.82) is 0 Å². The van der Waals surface area contributed by atoms with Crippen LogP contribution in [0.15, 0.2) is 42.5 Å². The third-order valence-electron chi connectivity index (χ3n) is 3.35. The van der Waals surface area contributed by atoms with Gasteiger partial charge in [-0.1, -0.05) is 42.0 Å². The summed E-state index contributed by atoms with van der Waals surface area (Å²) in [6.07, 6.45) is -0.0113. The molecule has 0 spiro atoms. The molecule has 2 aromatic carbocycles. The van der Waals surface area contributed by atoms with Gasteiger partial charge in [0.25, 0.3) is 0 Å². The average molecular weight is 298 g/mol. The van der Waals surface area contributed by atoms with Gasteiger partial charge in [-0.25, -0.2) is 4.79 Å². The van der Waals surface area contributed by atoms with Gasteiger partial charge in [0.2, 0.25) is 0 Å². The summed E-state index contributed by atoms with van der Waals surface area (Å²) in [5, 5.41) is 8.71. The molecule has 1 N–H and O–H groups in total. The quantitative estimate of drug-likeness (QED) is 0.860. The minimum atomic E-state index is -0.867. The highest BCUT2D eigenvalue weighted by molar-refractivity contribution is 5.91. The molecule has 0 saturated carbocycles. The first-order valence-corrected chi connectivity index (χ1v) is 6.99. The van der Waals surface area contributed by atoms with E-state index >= 15 is 0 Å². The lowest BCUT2D eigenvalue weighted by atomic mass is 10.1. The lowest BCUT2D eigenvalue weighted by Gasteiger charge is -2.08. The molecular weight excluding hydrogens is 280 g/mol. The number of benzene rings is 2. The van der Waals surface area contributed by atoms with E-state index in [1.54, 1.807) is 30.3 Å². The number of rotatable bonds is 5. The van der Waals surface area contributed by atoms with Crippen LogP contribution in [-0.2, 0) is 22.6 Å². The summed E-state index contributed by atoms with van der Waals surface area (Å²) in [5.74, 6) is -1.22. The van der Waals surface area contributed by atoms with Crippen molar-refractivity contribution >= 4 is 11.9 Å². The Bertz CT molecular complexity index is 687. The third kappa shape index (κ3) is 4.19. The van der Waals surface area contributed by atoms with E-state index in [1.165, 1.54) is 0 Å². The second-order valence-corrected chi connectivity index (χ2v) is 5.28. The van der Waals surface area contributed by atoms with E-state index in [2.05, 4.69) is 0 Å². The average Bonchev–Trinajstić information content (AvgIpc) is 2.45. The van der Waals surface area contributed by atoms with Gasteiger partial charge in [-0.15, -0.1) is 0 Å². The zero-order valence-electron chi connectivity index (χ0n) is 12.6. The summed E-state index contributed by atoms with van der Waals surface area (Å²) in [5.41, 5.74) is 4.10. The van der Waals surface area contributed by atoms with Gasteiger partial charge in [0.15, 0.2) is 0 Å². The number of carboxylic acids is 1. The first kappa shape index (κ1) is 15.8. The van der Waals surface area contributed by atoms with E-state index in [4.69, 9.17) is 9.84 Å². The highest BCUT2D eigenvalue weighted by Crippen LogP contribution is 2.13. The Hall–Kier alpha value is -2.62. The Labute approximate surface area is 129 Å². The van der Waals surface area contributed by atoms with Gasteiger partial charge in [0, 0.05) is 0 Å².